The molecule has 33 heavy (non-hydrogen) atoms. The fourth-order valence-electron chi connectivity index (χ4n) is 3.63. The first-order valence-electron chi connectivity index (χ1n) is 10.2. The first-order valence-corrected chi connectivity index (χ1v) is 11.1. The molecule has 4 rings (SSSR count). The number of imide groups is 1. The summed E-state index contributed by atoms with van der Waals surface area (Å²) < 4.78 is 10.3. The Morgan fingerprint density at radius 2 is 1.67 bits per heavy atom. The molecule has 170 valence electrons. The number of carbonyl (C=O) groups is 3. The van der Waals surface area contributed by atoms with E-state index in [1.54, 1.807) is 62.8 Å². The van der Waals surface area contributed by atoms with Crippen LogP contribution in [0.15, 0.2) is 66.0 Å². The van der Waals surface area contributed by atoms with Gasteiger partial charge >= 0.3 is 6.03 Å². The first kappa shape index (κ1) is 22.3. The number of anilines is 2. The number of ether oxygens (including phenoxy) is 2. The Morgan fingerprint density at radius 1 is 1.03 bits per heavy atom. The number of amides is 4. The number of thiophene rings is 1. The molecular formula is C24H23N3O5S. The third-order valence-corrected chi connectivity index (χ3v) is 6.20. The average Bonchev–Trinajstić information content (AvgIpc) is 3.45. The van der Waals surface area contributed by atoms with Gasteiger partial charge in [0.2, 0.25) is 5.91 Å². The fraction of sp³-hybridized carbons (Fsp3) is 0.208. The summed E-state index contributed by atoms with van der Waals surface area (Å²) in [5, 5.41) is 4.73. The van der Waals surface area contributed by atoms with Gasteiger partial charge < -0.3 is 19.7 Å². The van der Waals surface area contributed by atoms with Crippen LogP contribution in [0.25, 0.3) is 0 Å². The van der Waals surface area contributed by atoms with Crippen LogP contribution in [-0.2, 0) is 16.1 Å². The van der Waals surface area contributed by atoms with E-state index < -0.39 is 18.0 Å². The van der Waals surface area contributed by atoms with E-state index in [0.29, 0.717) is 22.9 Å². The minimum absolute atomic E-state index is 0.0910. The zero-order chi connectivity index (χ0) is 23.4. The summed E-state index contributed by atoms with van der Waals surface area (Å²) in [5.41, 5.74) is 1.00. The van der Waals surface area contributed by atoms with Crippen LogP contribution < -0.4 is 19.7 Å². The van der Waals surface area contributed by atoms with Gasteiger partial charge in [-0.05, 0) is 60.0 Å². The molecule has 3 aromatic rings. The topological polar surface area (TPSA) is 88.2 Å². The molecule has 0 aliphatic carbocycles. The Hall–Kier alpha value is -3.85. The van der Waals surface area contributed by atoms with Crippen molar-refractivity contribution in [1.82, 2.24) is 4.90 Å². The Bertz CT molecular complexity index is 1130. The van der Waals surface area contributed by atoms with E-state index in [-0.39, 0.29) is 18.9 Å². The standard InChI is InChI=1S/C24H23N3O5S/c1-31-18-9-5-16(6-10-18)25-24(30)26(15-20-4-3-13-33-20)21-14-22(28)27(23(21)29)17-7-11-19(32-2)12-8-17/h3-13,21H,14-15H2,1-2H3,(H,25,30)/t21-/m0/s1. The lowest BCUT2D eigenvalue weighted by Crippen LogP contribution is -2.46. The summed E-state index contributed by atoms with van der Waals surface area (Å²) in [6.07, 6.45) is -0.0910. The van der Waals surface area contributed by atoms with Gasteiger partial charge in [0, 0.05) is 10.6 Å². The van der Waals surface area contributed by atoms with Crippen LogP contribution in [0.4, 0.5) is 16.2 Å². The smallest absolute Gasteiger partial charge is 0.322 e. The summed E-state index contributed by atoms with van der Waals surface area (Å²) in [6, 6.07) is 15.9. The molecule has 1 aliphatic heterocycles. The van der Waals surface area contributed by atoms with E-state index >= 15 is 0 Å². The molecule has 2 heterocycles. The molecule has 1 aliphatic rings. The van der Waals surface area contributed by atoms with Crippen LogP contribution in [0.3, 0.4) is 0 Å². The fourth-order valence-corrected chi connectivity index (χ4v) is 4.33. The normalized spacial score (nSPS) is 15.5. The van der Waals surface area contributed by atoms with Crippen molar-refractivity contribution >= 4 is 40.6 Å². The van der Waals surface area contributed by atoms with Crippen molar-refractivity contribution in [3.8, 4) is 11.5 Å². The molecule has 1 atom stereocenters. The first-order chi connectivity index (χ1) is 16.0. The van der Waals surface area contributed by atoms with Gasteiger partial charge in [-0.3, -0.25) is 9.59 Å². The monoisotopic (exact) mass is 465 g/mol. The van der Waals surface area contributed by atoms with Crippen molar-refractivity contribution in [3.05, 3.63) is 70.9 Å². The predicted molar refractivity (Wildman–Crippen MR) is 126 cm³/mol. The third-order valence-electron chi connectivity index (χ3n) is 5.34. The lowest BCUT2D eigenvalue weighted by molar-refractivity contribution is -0.122. The number of benzene rings is 2. The second kappa shape index (κ2) is 9.74. The summed E-state index contributed by atoms with van der Waals surface area (Å²) in [4.78, 5) is 42.8. The summed E-state index contributed by atoms with van der Waals surface area (Å²) >= 11 is 1.48. The van der Waals surface area contributed by atoms with Gasteiger partial charge in [0.1, 0.15) is 17.5 Å². The third kappa shape index (κ3) is 4.83. The van der Waals surface area contributed by atoms with Crippen molar-refractivity contribution in [2.24, 2.45) is 0 Å². The quantitative estimate of drug-likeness (QED) is 0.530. The van der Waals surface area contributed by atoms with E-state index in [2.05, 4.69) is 5.32 Å². The van der Waals surface area contributed by atoms with Gasteiger partial charge in [-0.25, -0.2) is 9.69 Å². The SMILES string of the molecule is COc1ccc(NC(=O)N(Cc2cccs2)[C@H]2CC(=O)N(c3ccc(OC)cc3)C2=O)cc1. The molecule has 0 bridgehead atoms. The summed E-state index contributed by atoms with van der Waals surface area (Å²) in [7, 11) is 3.11. The molecule has 0 saturated carbocycles. The lowest BCUT2D eigenvalue weighted by Gasteiger charge is -2.27. The summed E-state index contributed by atoms with van der Waals surface area (Å²) in [5.74, 6) is 0.484. The Balaban J connectivity index is 1.58. The van der Waals surface area contributed by atoms with Crippen LogP contribution in [0.5, 0.6) is 11.5 Å². The molecule has 1 saturated heterocycles. The number of methoxy groups -OCH3 is 2. The number of urea groups is 1. The molecule has 1 N–H and O–H groups in total. The molecule has 0 spiro atoms. The highest BCUT2D eigenvalue weighted by Crippen LogP contribution is 2.29. The highest BCUT2D eigenvalue weighted by atomic mass is 32.1. The van der Waals surface area contributed by atoms with Crippen LogP contribution in [0.2, 0.25) is 0 Å². The number of nitrogens with one attached hydrogen (secondary N) is 1. The van der Waals surface area contributed by atoms with Gasteiger partial charge in [0.25, 0.3) is 5.91 Å². The second-order valence-electron chi connectivity index (χ2n) is 7.35. The van der Waals surface area contributed by atoms with Gasteiger partial charge in [-0.2, -0.15) is 0 Å². The molecule has 1 fully saturated rings. The minimum atomic E-state index is -0.917. The Morgan fingerprint density at radius 3 is 2.24 bits per heavy atom. The van der Waals surface area contributed by atoms with E-state index in [9.17, 15) is 14.4 Å². The molecule has 1 aromatic heterocycles. The maximum atomic E-state index is 13.3. The number of hydrogen-bond acceptors (Lipinski definition) is 6. The van der Waals surface area contributed by atoms with Crippen LogP contribution in [-0.4, -0.2) is 43.0 Å². The Labute approximate surface area is 195 Å². The molecule has 9 heteroatoms. The van der Waals surface area contributed by atoms with E-state index in [1.807, 2.05) is 17.5 Å². The minimum Gasteiger partial charge on any atom is -0.497 e. The number of nitrogens with zero attached hydrogens (tertiary/aromatic N) is 2. The number of carbonyl (C=O) groups excluding carboxylic acids is 3. The van der Waals surface area contributed by atoms with E-state index in [0.717, 1.165) is 9.78 Å². The van der Waals surface area contributed by atoms with Crippen LogP contribution in [0.1, 0.15) is 11.3 Å². The average molecular weight is 466 g/mol. The van der Waals surface area contributed by atoms with Crippen molar-refractivity contribution in [2.45, 2.75) is 19.0 Å². The zero-order valence-electron chi connectivity index (χ0n) is 18.2. The van der Waals surface area contributed by atoms with Gasteiger partial charge in [-0.1, -0.05) is 6.07 Å². The molecule has 0 unspecified atom stereocenters. The van der Waals surface area contributed by atoms with Crippen molar-refractivity contribution in [3.63, 3.8) is 0 Å². The van der Waals surface area contributed by atoms with E-state index in [4.69, 9.17) is 9.47 Å². The molecule has 0 radical (unpaired) electrons. The lowest BCUT2D eigenvalue weighted by atomic mass is 10.2. The predicted octanol–water partition coefficient (Wildman–Crippen LogP) is 4.13. The molecule has 8 nitrogen and oxygen atoms in total. The summed E-state index contributed by atoms with van der Waals surface area (Å²) in [6.45, 7) is 0.208. The maximum Gasteiger partial charge on any atom is 0.322 e. The molecular weight excluding hydrogens is 442 g/mol. The maximum absolute atomic E-state index is 13.3. The number of hydrogen-bond donors (Lipinski definition) is 1. The van der Waals surface area contributed by atoms with Gasteiger partial charge in [0.05, 0.1) is 32.9 Å². The van der Waals surface area contributed by atoms with Crippen molar-refractivity contribution in [1.29, 1.82) is 0 Å². The zero-order valence-corrected chi connectivity index (χ0v) is 19.0. The van der Waals surface area contributed by atoms with Crippen molar-refractivity contribution in [2.75, 3.05) is 24.4 Å². The van der Waals surface area contributed by atoms with Crippen LogP contribution in [0, 0.1) is 0 Å². The Kier molecular flexibility index (Phi) is 6.60. The molecule has 4 amide bonds. The number of rotatable bonds is 7. The highest BCUT2D eigenvalue weighted by Gasteiger charge is 2.44. The van der Waals surface area contributed by atoms with Crippen LogP contribution >= 0.6 is 11.3 Å². The van der Waals surface area contributed by atoms with E-state index in [1.165, 1.54) is 16.2 Å². The largest absolute Gasteiger partial charge is 0.497 e. The highest BCUT2D eigenvalue weighted by molar-refractivity contribution is 7.09. The van der Waals surface area contributed by atoms with Gasteiger partial charge in [0.15, 0.2) is 0 Å². The van der Waals surface area contributed by atoms with Gasteiger partial charge in [-0.15, -0.1) is 11.3 Å². The molecule has 2 aromatic carbocycles. The second-order valence-corrected chi connectivity index (χ2v) is 8.38. The van der Waals surface area contributed by atoms with Crippen molar-refractivity contribution < 1.29 is 23.9 Å².